The van der Waals surface area contributed by atoms with Crippen LogP contribution in [0.25, 0.3) is 0 Å². The molecule has 1 aromatic heterocycles. The number of H-pyrrole nitrogens is 1. The molecule has 0 saturated heterocycles. The van der Waals surface area contributed by atoms with Crippen LogP contribution < -0.4 is 26.6 Å². The van der Waals surface area contributed by atoms with Crippen LogP contribution in [0.1, 0.15) is 23.5 Å². The van der Waals surface area contributed by atoms with E-state index < -0.39 is 29.0 Å². The minimum Gasteiger partial charge on any atom is -0.495 e. The zero-order valence-electron chi connectivity index (χ0n) is 17.4. The molecule has 0 fully saturated rings. The fraction of sp³-hybridized carbons (Fsp3) is 0.217. The number of nitrogens with zero attached hydrogens (tertiary/aromatic N) is 1. The second-order valence-electron chi connectivity index (χ2n) is 7.40. The Morgan fingerprint density at radius 1 is 1.09 bits per heavy atom. The van der Waals surface area contributed by atoms with Crippen LogP contribution in [0.5, 0.6) is 5.75 Å². The van der Waals surface area contributed by atoms with Crippen molar-refractivity contribution in [1.82, 2.24) is 9.55 Å². The molecule has 0 radical (unpaired) electrons. The van der Waals surface area contributed by atoms with Crippen LogP contribution in [0.4, 0.5) is 11.5 Å². The van der Waals surface area contributed by atoms with Crippen molar-refractivity contribution < 1.29 is 14.3 Å². The molecule has 9 nitrogen and oxygen atoms in total. The summed E-state index contributed by atoms with van der Waals surface area (Å²) in [4.78, 5) is 53.0. The van der Waals surface area contributed by atoms with Gasteiger partial charge in [-0.25, -0.2) is 4.79 Å². The van der Waals surface area contributed by atoms with Crippen molar-refractivity contribution in [2.24, 2.45) is 0 Å². The normalized spacial score (nSPS) is 14.9. The lowest BCUT2D eigenvalue weighted by molar-refractivity contribution is -0.123. The van der Waals surface area contributed by atoms with Crippen LogP contribution in [0.2, 0.25) is 0 Å². The summed E-state index contributed by atoms with van der Waals surface area (Å²) in [7, 11) is 1.48. The van der Waals surface area contributed by atoms with Gasteiger partial charge in [0.2, 0.25) is 11.8 Å². The molecule has 164 valence electrons. The highest BCUT2D eigenvalue weighted by molar-refractivity contribution is 6.04. The molecule has 1 aliphatic rings. The summed E-state index contributed by atoms with van der Waals surface area (Å²) in [6, 6.07) is 16.3. The number of benzene rings is 2. The molecule has 3 aromatic rings. The third kappa shape index (κ3) is 4.18. The van der Waals surface area contributed by atoms with Crippen molar-refractivity contribution in [3.05, 3.63) is 86.6 Å². The van der Waals surface area contributed by atoms with Crippen molar-refractivity contribution in [3.63, 3.8) is 0 Å². The van der Waals surface area contributed by atoms with Crippen molar-refractivity contribution in [3.8, 4) is 5.75 Å². The van der Waals surface area contributed by atoms with E-state index in [1.54, 1.807) is 24.3 Å². The molecule has 3 N–H and O–H groups in total. The number of para-hydroxylation sites is 2. The Hall–Kier alpha value is -4.14. The van der Waals surface area contributed by atoms with Gasteiger partial charge in [0.1, 0.15) is 11.6 Å². The third-order valence-electron chi connectivity index (χ3n) is 5.38. The molecule has 9 heteroatoms. The maximum Gasteiger partial charge on any atom is 0.329 e. The number of ether oxygens (including phenoxy) is 1. The van der Waals surface area contributed by atoms with Gasteiger partial charge < -0.3 is 15.4 Å². The first kappa shape index (κ1) is 21.1. The number of amides is 2. The van der Waals surface area contributed by atoms with Crippen LogP contribution in [-0.4, -0.2) is 28.5 Å². The second kappa shape index (κ2) is 8.93. The average molecular weight is 434 g/mol. The summed E-state index contributed by atoms with van der Waals surface area (Å²) in [5.41, 5.74) is 0.134. The minimum atomic E-state index is -1.06. The number of hydrogen-bond acceptors (Lipinski definition) is 5. The fourth-order valence-electron chi connectivity index (χ4n) is 3.81. The zero-order chi connectivity index (χ0) is 22.7. The molecule has 0 aliphatic carbocycles. The van der Waals surface area contributed by atoms with Crippen LogP contribution >= 0.6 is 0 Å². The number of aromatic amines is 1. The monoisotopic (exact) mass is 434 g/mol. The lowest BCUT2D eigenvalue weighted by Gasteiger charge is -2.26. The van der Waals surface area contributed by atoms with Crippen LogP contribution in [0, 0.1) is 0 Å². The average Bonchev–Trinajstić information content (AvgIpc) is 2.79. The second-order valence-corrected chi connectivity index (χ2v) is 7.40. The highest BCUT2D eigenvalue weighted by Gasteiger charge is 2.35. The largest absolute Gasteiger partial charge is 0.495 e. The number of anilines is 2. The maximum atomic E-state index is 13.1. The van der Waals surface area contributed by atoms with Crippen LogP contribution in [0.15, 0.2) is 64.2 Å². The molecule has 2 heterocycles. The highest BCUT2D eigenvalue weighted by atomic mass is 16.5. The number of carbonyl (C=O) groups is 2. The quantitative estimate of drug-likeness (QED) is 0.547. The number of hydrogen-bond donors (Lipinski definition) is 3. The van der Waals surface area contributed by atoms with Gasteiger partial charge in [0.05, 0.1) is 24.3 Å². The first-order valence-electron chi connectivity index (χ1n) is 10.1. The van der Waals surface area contributed by atoms with E-state index in [-0.39, 0.29) is 24.3 Å². The van der Waals surface area contributed by atoms with Gasteiger partial charge >= 0.3 is 5.69 Å². The smallest absolute Gasteiger partial charge is 0.329 e. The van der Waals surface area contributed by atoms with E-state index in [0.29, 0.717) is 17.9 Å². The Kier molecular flexibility index (Phi) is 5.89. The van der Waals surface area contributed by atoms with Gasteiger partial charge in [-0.1, -0.05) is 42.5 Å². The lowest BCUT2D eigenvalue weighted by atomic mass is 9.92. The van der Waals surface area contributed by atoms with Crippen molar-refractivity contribution in [2.45, 2.75) is 25.3 Å². The van der Waals surface area contributed by atoms with Gasteiger partial charge in [-0.15, -0.1) is 0 Å². The van der Waals surface area contributed by atoms with E-state index in [9.17, 15) is 19.2 Å². The predicted molar refractivity (Wildman–Crippen MR) is 119 cm³/mol. The molecule has 0 saturated carbocycles. The van der Waals surface area contributed by atoms with Gasteiger partial charge in [0.25, 0.3) is 5.56 Å². The zero-order valence-corrected chi connectivity index (χ0v) is 17.4. The van der Waals surface area contributed by atoms with Crippen molar-refractivity contribution >= 4 is 23.3 Å². The fourth-order valence-corrected chi connectivity index (χ4v) is 3.81. The van der Waals surface area contributed by atoms with Gasteiger partial charge in [-0.2, -0.15) is 0 Å². The first-order chi connectivity index (χ1) is 15.5. The van der Waals surface area contributed by atoms with E-state index in [1.807, 2.05) is 30.3 Å². The van der Waals surface area contributed by atoms with Crippen LogP contribution in [0.3, 0.4) is 0 Å². The number of nitrogens with one attached hydrogen (secondary N) is 3. The molecule has 4 rings (SSSR count). The van der Waals surface area contributed by atoms with Gasteiger partial charge in [-0.3, -0.25) is 23.9 Å². The summed E-state index contributed by atoms with van der Waals surface area (Å²) in [5, 5.41) is 5.34. The predicted octanol–water partition coefficient (Wildman–Crippen LogP) is 1.85. The molecule has 32 heavy (non-hydrogen) atoms. The Morgan fingerprint density at radius 3 is 2.56 bits per heavy atom. The Balaban J connectivity index is 1.70. The molecule has 2 amide bonds. The molecule has 0 spiro atoms. The summed E-state index contributed by atoms with van der Waals surface area (Å²) in [6.07, 6.45) is 0.293. The van der Waals surface area contributed by atoms with Gasteiger partial charge in [-0.05, 0) is 24.1 Å². The van der Waals surface area contributed by atoms with E-state index in [2.05, 4.69) is 15.6 Å². The number of aromatic nitrogens is 2. The Labute approximate surface area is 183 Å². The Bertz CT molecular complexity index is 1280. The number of fused-ring (bicyclic) bond motifs is 1. The number of aryl methyl sites for hydroxylation is 1. The molecule has 1 atom stereocenters. The Morgan fingerprint density at radius 2 is 1.81 bits per heavy atom. The summed E-state index contributed by atoms with van der Waals surface area (Å²) >= 11 is 0. The molecule has 0 bridgehead atoms. The topological polar surface area (TPSA) is 122 Å². The van der Waals surface area contributed by atoms with Gasteiger partial charge in [0, 0.05) is 13.0 Å². The van der Waals surface area contributed by atoms with E-state index in [1.165, 1.54) is 11.7 Å². The standard InChI is InChI=1S/C23H22N4O5/c1-32-17-10-6-5-9-16(17)24-21(29)15-13-18(28)25-20-19(15)22(30)26-23(31)27(20)12-11-14-7-3-2-4-8-14/h2-10,15H,11-13H2,1H3,(H,24,29)(H,25,28)(H,26,30,31)/t15-/m1/s1. The lowest BCUT2D eigenvalue weighted by Crippen LogP contribution is -2.42. The molecule has 1 aliphatic heterocycles. The SMILES string of the molecule is COc1ccccc1NC(=O)[C@@H]1CC(=O)Nc2c1c(=O)[nH]c(=O)n2CCc1ccccc1. The maximum absolute atomic E-state index is 13.1. The van der Waals surface area contributed by atoms with Crippen molar-refractivity contribution in [1.29, 1.82) is 0 Å². The molecular formula is C23H22N4O5. The number of carbonyl (C=O) groups excluding carboxylic acids is 2. The number of methoxy groups -OCH3 is 1. The summed E-state index contributed by atoms with van der Waals surface area (Å²) in [5.74, 6) is -1.54. The van der Waals surface area contributed by atoms with E-state index in [4.69, 9.17) is 4.74 Å². The van der Waals surface area contributed by atoms with E-state index >= 15 is 0 Å². The van der Waals surface area contributed by atoms with E-state index in [0.717, 1.165) is 5.56 Å². The summed E-state index contributed by atoms with van der Waals surface area (Å²) < 4.78 is 6.55. The molecule has 0 unspecified atom stereocenters. The van der Waals surface area contributed by atoms with Gasteiger partial charge in [0.15, 0.2) is 0 Å². The first-order valence-corrected chi connectivity index (χ1v) is 10.1. The molecular weight excluding hydrogens is 412 g/mol. The van der Waals surface area contributed by atoms with Crippen LogP contribution in [-0.2, 0) is 22.6 Å². The number of rotatable bonds is 6. The summed E-state index contributed by atoms with van der Waals surface area (Å²) in [6.45, 7) is 0.225. The third-order valence-corrected chi connectivity index (χ3v) is 5.38. The molecule has 2 aromatic carbocycles. The highest BCUT2D eigenvalue weighted by Crippen LogP contribution is 2.31. The van der Waals surface area contributed by atoms with Crippen molar-refractivity contribution in [2.75, 3.05) is 17.7 Å². The minimum absolute atomic E-state index is 0.0599.